The molecule has 0 unspecified atom stereocenters. The summed E-state index contributed by atoms with van der Waals surface area (Å²) in [5.41, 5.74) is 4.76. The van der Waals surface area contributed by atoms with Crippen LogP contribution in [0.2, 0.25) is 0 Å². The molecule has 2 aliphatic carbocycles. The molecule has 0 atom stereocenters. The molecule has 2 N–H and O–H groups in total. The van der Waals surface area contributed by atoms with Gasteiger partial charge >= 0.3 is 37.9 Å². The summed E-state index contributed by atoms with van der Waals surface area (Å²) in [5, 5.41) is 6.31. The molecule has 0 saturated heterocycles. The molecule has 0 bridgehead atoms. The summed E-state index contributed by atoms with van der Waals surface area (Å²) < 4.78 is 0. The fourth-order valence-electron chi connectivity index (χ4n) is 3.91. The Balaban J connectivity index is 0.000000262. The molecule has 0 fully saturated rings. The zero-order valence-corrected chi connectivity index (χ0v) is 28.4. The van der Waals surface area contributed by atoms with E-state index in [4.69, 9.17) is 17.0 Å². The average Bonchev–Trinajstić information content (AvgIpc) is 2.92. The van der Waals surface area contributed by atoms with Crippen molar-refractivity contribution in [1.82, 2.24) is 0 Å². The zero-order chi connectivity index (χ0) is 30.5. The van der Waals surface area contributed by atoms with Gasteiger partial charge in [-0.2, -0.15) is 0 Å². The van der Waals surface area contributed by atoms with Crippen LogP contribution in [0.4, 0.5) is 11.4 Å². The number of hydrogen-bond acceptors (Lipinski definition) is 4. The molecular formula is C34H38Cl2N2O2Zr. The number of benzene rings is 2. The number of halogens is 2. The first kappa shape index (κ1) is 34.5. The molecular weight excluding hydrogens is 631 g/mol. The predicted molar refractivity (Wildman–Crippen MR) is 171 cm³/mol. The van der Waals surface area contributed by atoms with Crippen LogP contribution in [0.5, 0.6) is 0 Å². The number of carbonyl (C=O) groups is 2. The van der Waals surface area contributed by atoms with Crippen molar-refractivity contribution in [2.75, 3.05) is 10.6 Å². The third-order valence-corrected chi connectivity index (χ3v) is 6.04. The van der Waals surface area contributed by atoms with Gasteiger partial charge in [0.05, 0.1) is 0 Å². The van der Waals surface area contributed by atoms with E-state index in [1.807, 2.05) is 97.1 Å². The van der Waals surface area contributed by atoms with Crippen molar-refractivity contribution >= 4 is 40.0 Å². The summed E-state index contributed by atoms with van der Waals surface area (Å²) in [6.07, 6.45) is 14.9. The fraction of sp³-hybridized carbons (Fsp3) is 0.235. The van der Waals surface area contributed by atoms with E-state index in [1.54, 1.807) is 12.4 Å². The number of hydrogen-bond donors (Lipinski definition) is 2. The van der Waals surface area contributed by atoms with Crippen molar-refractivity contribution < 1.29 is 30.4 Å². The van der Waals surface area contributed by atoms with E-state index in [1.165, 1.54) is 0 Å². The molecule has 0 aliphatic heterocycles. The summed E-state index contributed by atoms with van der Waals surface area (Å²) >= 11 is -0.826. The summed E-state index contributed by atoms with van der Waals surface area (Å²) in [6, 6.07) is 19.6. The maximum absolute atomic E-state index is 12.4. The number of carbonyl (C=O) groups excluding carboxylic acids is 2. The SMILES string of the molecule is CC(C)(C)C1=CC=C/C(=C\Nc2ccccc2)C1=O.CC(C)(C)C1=CC=C/C(=C\Nc2ccccc2)C1=O.[Cl][Zr][Cl]. The van der Waals surface area contributed by atoms with E-state index in [-0.39, 0.29) is 22.4 Å². The number of para-hydroxylation sites is 2. The second kappa shape index (κ2) is 16.7. The van der Waals surface area contributed by atoms with Gasteiger partial charge in [-0.25, -0.2) is 0 Å². The Morgan fingerprint density at radius 3 is 1.22 bits per heavy atom. The second-order valence-corrected chi connectivity index (χ2v) is 15.1. The average molecular weight is 669 g/mol. The van der Waals surface area contributed by atoms with Gasteiger partial charge in [-0.05, 0) is 47.2 Å². The van der Waals surface area contributed by atoms with E-state index in [0.717, 1.165) is 22.5 Å². The van der Waals surface area contributed by atoms with Crippen LogP contribution in [-0.4, -0.2) is 11.6 Å². The molecule has 214 valence electrons. The van der Waals surface area contributed by atoms with Crippen molar-refractivity contribution in [3.8, 4) is 0 Å². The Kier molecular flexibility index (Phi) is 14.0. The zero-order valence-electron chi connectivity index (χ0n) is 24.5. The molecule has 0 saturated carbocycles. The molecule has 7 heteroatoms. The summed E-state index contributed by atoms with van der Waals surface area (Å²) in [7, 11) is 9.87. The first-order valence-corrected chi connectivity index (χ1v) is 19.6. The second-order valence-electron chi connectivity index (χ2n) is 11.3. The third kappa shape index (κ3) is 11.6. The standard InChI is InChI=1S/2C17H19NO.2ClH.Zr/c2*1-17(2,3)15-11-7-8-13(16(15)19)12-18-14-9-5-4-6-10-14;;;/h2*4-12,18H,1-3H3;2*1H;/q;;;;+2/p-2/b2*13-12+;;;. The molecule has 2 aliphatic rings. The van der Waals surface area contributed by atoms with E-state index < -0.39 is 20.8 Å². The summed E-state index contributed by atoms with van der Waals surface area (Å²) in [5.74, 6) is 0.192. The van der Waals surface area contributed by atoms with E-state index in [0.29, 0.717) is 11.1 Å². The van der Waals surface area contributed by atoms with E-state index >= 15 is 0 Å². The number of ketones is 2. The van der Waals surface area contributed by atoms with Crippen LogP contribution in [0.3, 0.4) is 0 Å². The molecule has 2 aromatic carbocycles. The van der Waals surface area contributed by atoms with Gasteiger partial charge in [-0.15, -0.1) is 0 Å². The molecule has 0 radical (unpaired) electrons. The quantitative estimate of drug-likeness (QED) is 0.319. The number of rotatable bonds is 4. The number of Topliss-reactive ketones (excluding diaryl/α,β-unsaturated/α-hetero) is 2. The van der Waals surface area contributed by atoms with Gasteiger partial charge in [0.25, 0.3) is 0 Å². The molecule has 4 rings (SSSR count). The van der Waals surface area contributed by atoms with Gasteiger partial charge in [0.15, 0.2) is 11.6 Å². The first-order valence-electron chi connectivity index (χ1n) is 13.3. The van der Waals surface area contributed by atoms with Crippen molar-refractivity contribution in [2.24, 2.45) is 10.8 Å². The molecule has 0 spiro atoms. The van der Waals surface area contributed by atoms with Gasteiger partial charge < -0.3 is 10.6 Å². The molecule has 41 heavy (non-hydrogen) atoms. The fourth-order valence-corrected chi connectivity index (χ4v) is 3.91. The van der Waals surface area contributed by atoms with Crippen LogP contribution in [0.15, 0.2) is 132 Å². The third-order valence-electron chi connectivity index (χ3n) is 6.04. The Morgan fingerprint density at radius 1 is 0.610 bits per heavy atom. The van der Waals surface area contributed by atoms with Crippen molar-refractivity contribution in [3.05, 3.63) is 132 Å². The van der Waals surface area contributed by atoms with Crippen LogP contribution < -0.4 is 10.6 Å². The first-order chi connectivity index (χ1) is 19.4. The van der Waals surface area contributed by atoms with Crippen LogP contribution >= 0.6 is 17.0 Å². The monoisotopic (exact) mass is 666 g/mol. The minimum absolute atomic E-state index is 0.0958. The van der Waals surface area contributed by atoms with Crippen LogP contribution in [0, 0.1) is 10.8 Å². The molecule has 2 aromatic rings. The summed E-state index contributed by atoms with van der Waals surface area (Å²) in [4.78, 5) is 24.7. The molecule has 0 amide bonds. The predicted octanol–water partition coefficient (Wildman–Crippen LogP) is 9.56. The molecule has 0 aromatic heterocycles. The van der Waals surface area contributed by atoms with Crippen LogP contribution in [0.1, 0.15) is 41.5 Å². The van der Waals surface area contributed by atoms with Gasteiger partial charge in [-0.1, -0.05) is 102 Å². The van der Waals surface area contributed by atoms with E-state index in [9.17, 15) is 9.59 Å². The number of anilines is 2. The van der Waals surface area contributed by atoms with Crippen molar-refractivity contribution in [1.29, 1.82) is 0 Å². The van der Waals surface area contributed by atoms with Crippen molar-refractivity contribution in [2.45, 2.75) is 41.5 Å². The Morgan fingerprint density at radius 2 is 0.927 bits per heavy atom. The Bertz CT molecular complexity index is 1250. The van der Waals surface area contributed by atoms with Gasteiger partial charge in [0.2, 0.25) is 0 Å². The van der Waals surface area contributed by atoms with Gasteiger partial charge in [0.1, 0.15) is 0 Å². The van der Waals surface area contributed by atoms with Gasteiger partial charge in [-0.3, -0.25) is 9.59 Å². The molecule has 0 heterocycles. The minimum atomic E-state index is -0.826. The van der Waals surface area contributed by atoms with Crippen molar-refractivity contribution in [3.63, 3.8) is 0 Å². The van der Waals surface area contributed by atoms with E-state index in [2.05, 4.69) is 52.2 Å². The maximum atomic E-state index is 12.4. The Labute approximate surface area is 263 Å². The number of allylic oxidation sites excluding steroid dienone is 10. The van der Waals surface area contributed by atoms with Gasteiger partial charge in [0, 0.05) is 46.1 Å². The summed E-state index contributed by atoms with van der Waals surface area (Å²) in [6.45, 7) is 12.3. The van der Waals surface area contributed by atoms with Crippen LogP contribution in [0.25, 0.3) is 0 Å². The molecule has 4 nitrogen and oxygen atoms in total. The number of nitrogens with one attached hydrogen (secondary N) is 2. The van der Waals surface area contributed by atoms with Crippen LogP contribution in [-0.2, 0) is 30.4 Å². The Hall–Kier alpha value is -2.72. The normalized spacial score (nSPS) is 16.6. The topological polar surface area (TPSA) is 58.2 Å².